The van der Waals surface area contributed by atoms with Crippen molar-refractivity contribution in [3.8, 4) is 6.07 Å². The second kappa shape index (κ2) is 8.01. The van der Waals surface area contributed by atoms with Crippen LogP contribution in [0.2, 0.25) is 5.02 Å². The van der Waals surface area contributed by atoms with Gasteiger partial charge in [-0.3, -0.25) is 4.79 Å². The Balaban J connectivity index is 1.53. The average Bonchev–Trinajstić information content (AvgIpc) is 3.15. The summed E-state index contributed by atoms with van der Waals surface area (Å²) in [5.41, 5.74) is 2.85. The van der Waals surface area contributed by atoms with Crippen molar-refractivity contribution in [2.75, 3.05) is 18.9 Å². The number of carbonyl (C=O) groups is 1. The van der Waals surface area contributed by atoms with Crippen LogP contribution in [0.1, 0.15) is 34.4 Å². The van der Waals surface area contributed by atoms with Crippen molar-refractivity contribution in [1.82, 2.24) is 4.90 Å². The molecular weight excluding hydrogens is 354 g/mol. The second-order valence-electron chi connectivity index (χ2n) is 6.30. The van der Waals surface area contributed by atoms with Crippen LogP contribution in [0.15, 0.2) is 24.3 Å². The van der Waals surface area contributed by atoms with Gasteiger partial charge in [0.2, 0.25) is 5.91 Å². The molecule has 0 bridgehead atoms. The first-order valence-electron chi connectivity index (χ1n) is 8.35. The van der Waals surface area contributed by atoms with Crippen molar-refractivity contribution >= 4 is 33.8 Å². The molecule has 1 aliphatic rings. The summed E-state index contributed by atoms with van der Waals surface area (Å²) in [6.07, 6.45) is 3.46. The minimum absolute atomic E-state index is 0.0533. The molecule has 0 spiro atoms. The molecule has 1 amide bonds. The quantitative estimate of drug-likeness (QED) is 0.824. The Morgan fingerprint density at radius 1 is 1.40 bits per heavy atom. The molecule has 130 valence electrons. The van der Waals surface area contributed by atoms with E-state index in [9.17, 15) is 10.1 Å². The fraction of sp³-hybridized carbons (Fsp3) is 0.368. The number of nitriles is 1. The molecule has 2 aromatic rings. The van der Waals surface area contributed by atoms with E-state index in [1.54, 1.807) is 11.3 Å². The summed E-state index contributed by atoms with van der Waals surface area (Å²) in [5, 5.41) is 13.8. The minimum atomic E-state index is -0.0533. The third kappa shape index (κ3) is 4.21. The predicted octanol–water partition coefficient (Wildman–Crippen LogP) is 4.22. The van der Waals surface area contributed by atoms with Crippen molar-refractivity contribution in [2.24, 2.45) is 0 Å². The van der Waals surface area contributed by atoms with Crippen LogP contribution in [0.5, 0.6) is 0 Å². The van der Waals surface area contributed by atoms with Gasteiger partial charge in [-0.25, -0.2) is 0 Å². The van der Waals surface area contributed by atoms with Gasteiger partial charge in [0.25, 0.3) is 0 Å². The maximum atomic E-state index is 12.3. The molecule has 0 saturated heterocycles. The number of nitrogens with one attached hydrogen (secondary N) is 1. The number of carbonyl (C=O) groups excluding carboxylic acids is 1. The van der Waals surface area contributed by atoms with E-state index in [0.717, 1.165) is 35.4 Å². The van der Waals surface area contributed by atoms with E-state index < -0.39 is 0 Å². The van der Waals surface area contributed by atoms with Crippen LogP contribution >= 0.6 is 22.9 Å². The molecule has 0 atom stereocenters. The van der Waals surface area contributed by atoms with E-state index in [4.69, 9.17) is 11.6 Å². The van der Waals surface area contributed by atoms with Crippen LogP contribution < -0.4 is 5.32 Å². The Bertz CT molecular complexity index is 825. The topological polar surface area (TPSA) is 56.1 Å². The highest BCUT2D eigenvalue weighted by molar-refractivity contribution is 7.16. The van der Waals surface area contributed by atoms with Crippen LogP contribution in [-0.2, 0) is 24.2 Å². The summed E-state index contributed by atoms with van der Waals surface area (Å²) in [5.74, 6) is -0.0533. The van der Waals surface area contributed by atoms with Crippen LogP contribution in [0, 0.1) is 11.3 Å². The number of amides is 1. The van der Waals surface area contributed by atoms with Gasteiger partial charge >= 0.3 is 0 Å². The van der Waals surface area contributed by atoms with Gasteiger partial charge in [-0.15, -0.1) is 11.3 Å². The third-order valence-electron chi connectivity index (χ3n) is 4.40. The van der Waals surface area contributed by atoms with Crippen LogP contribution in [0.25, 0.3) is 0 Å². The molecule has 0 fully saturated rings. The van der Waals surface area contributed by atoms with Crippen LogP contribution in [0.3, 0.4) is 0 Å². The molecule has 6 heteroatoms. The first-order valence-corrected chi connectivity index (χ1v) is 9.54. The Morgan fingerprint density at radius 2 is 2.20 bits per heavy atom. The van der Waals surface area contributed by atoms with Gasteiger partial charge in [-0.2, -0.15) is 5.26 Å². The SMILES string of the molecule is CN(CCC(=O)Nc1sc2c(c1C#N)CCC2)Cc1ccccc1Cl. The molecule has 25 heavy (non-hydrogen) atoms. The van der Waals surface area contributed by atoms with E-state index in [0.29, 0.717) is 30.1 Å². The summed E-state index contributed by atoms with van der Waals surface area (Å²) >= 11 is 7.73. The lowest BCUT2D eigenvalue weighted by molar-refractivity contribution is -0.116. The number of hydrogen-bond donors (Lipinski definition) is 1. The van der Waals surface area contributed by atoms with Gasteiger partial charge in [0.1, 0.15) is 11.1 Å². The Hall–Kier alpha value is -1.87. The number of anilines is 1. The van der Waals surface area contributed by atoms with E-state index in [1.165, 1.54) is 4.88 Å². The van der Waals surface area contributed by atoms with Gasteiger partial charge in [-0.05, 0) is 43.5 Å². The van der Waals surface area contributed by atoms with Crippen molar-refractivity contribution in [3.05, 3.63) is 50.9 Å². The number of rotatable bonds is 6. The number of aryl methyl sites for hydroxylation is 1. The average molecular weight is 374 g/mol. The zero-order valence-corrected chi connectivity index (χ0v) is 15.7. The number of halogens is 1. The fourth-order valence-electron chi connectivity index (χ4n) is 3.09. The van der Waals surface area contributed by atoms with E-state index in [1.807, 2.05) is 31.3 Å². The lowest BCUT2D eigenvalue weighted by Crippen LogP contribution is -2.24. The molecule has 1 aromatic carbocycles. The normalized spacial score (nSPS) is 12.9. The van der Waals surface area contributed by atoms with Gasteiger partial charge < -0.3 is 10.2 Å². The lowest BCUT2D eigenvalue weighted by Gasteiger charge is -2.17. The van der Waals surface area contributed by atoms with Crippen molar-refractivity contribution in [3.63, 3.8) is 0 Å². The summed E-state index contributed by atoms with van der Waals surface area (Å²) in [6, 6.07) is 9.99. The van der Waals surface area contributed by atoms with Crippen LogP contribution in [0.4, 0.5) is 5.00 Å². The Kier molecular flexibility index (Phi) is 5.74. The second-order valence-corrected chi connectivity index (χ2v) is 7.81. The minimum Gasteiger partial charge on any atom is -0.317 e. The number of hydrogen-bond acceptors (Lipinski definition) is 4. The molecule has 1 aromatic heterocycles. The summed E-state index contributed by atoms with van der Waals surface area (Å²) in [7, 11) is 1.97. The number of thiophene rings is 1. The highest BCUT2D eigenvalue weighted by Crippen LogP contribution is 2.38. The fourth-order valence-corrected chi connectivity index (χ4v) is 4.54. The smallest absolute Gasteiger partial charge is 0.226 e. The molecule has 0 aliphatic heterocycles. The number of nitrogens with zero attached hydrogens (tertiary/aromatic N) is 2. The number of fused-ring (bicyclic) bond motifs is 1. The first-order chi connectivity index (χ1) is 12.1. The van der Waals surface area contributed by atoms with Crippen molar-refractivity contribution in [2.45, 2.75) is 32.2 Å². The van der Waals surface area contributed by atoms with E-state index in [-0.39, 0.29) is 5.91 Å². The van der Waals surface area contributed by atoms with Gasteiger partial charge in [-0.1, -0.05) is 29.8 Å². The molecule has 1 heterocycles. The van der Waals surface area contributed by atoms with Gasteiger partial charge in [0.05, 0.1) is 5.56 Å². The molecule has 0 radical (unpaired) electrons. The maximum Gasteiger partial charge on any atom is 0.226 e. The predicted molar refractivity (Wildman–Crippen MR) is 102 cm³/mol. The third-order valence-corrected chi connectivity index (χ3v) is 5.98. The number of benzene rings is 1. The molecular formula is C19H20ClN3OS. The van der Waals surface area contributed by atoms with Crippen molar-refractivity contribution < 1.29 is 4.79 Å². The molecule has 4 nitrogen and oxygen atoms in total. The molecule has 0 saturated carbocycles. The van der Waals surface area contributed by atoms with Gasteiger partial charge in [0.15, 0.2) is 0 Å². The van der Waals surface area contributed by atoms with E-state index in [2.05, 4.69) is 16.3 Å². The molecule has 1 N–H and O–H groups in total. The Labute approximate surface area is 157 Å². The van der Waals surface area contributed by atoms with E-state index >= 15 is 0 Å². The first kappa shape index (κ1) is 17.9. The van der Waals surface area contributed by atoms with Crippen molar-refractivity contribution in [1.29, 1.82) is 5.26 Å². The molecule has 3 rings (SSSR count). The zero-order valence-electron chi connectivity index (χ0n) is 14.1. The zero-order chi connectivity index (χ0) is 17.8. The largest absolute Gasteiger partial charge is 0.317 e. The standard InChI is InChI=1S/C19H20ClN3OS/c1-23(12-13-5-2-3-7-16(13)20)10-9-18(24)22-19-15(11-21)14-6-4-8-17(14)25-19/h2-3,5,7H,4,6,8-10,12H2,1H3,(H,22,24). The lowest BCUT2D eigenvalue weighted by atomic mass is 10.1. The summed E-state index contributed by atoms with van der Waals surface area (Å²) in [4.78, 5) is 15.6. The van der Waals surface area contributed by atoms with Gasteiger partial charge in [0, 0.05) is 29.4 Å². The maximum absolute atomic E-state index is 12.3. The monoisotopic (exact) mass is 373 g/mol. The highest BCUT2D eigenvalue weighted by atomic mass is 35.5. The molecule has 0 unspecified atom stereocenters. The van der Waals surface area contributed by atoms with Crippen LogP contribution in [-0.4, -0.2) is 24.4 Å². The Morgan fingerprint density at radius 3 is 2.96 bits per heavy atom. The highest BCUT2D eigenvalue weighted by Gasteiger charge is 2.23. The summed E-state index contributed by atoms with van der Waals surface area (Å²) < 4.78 is 0. The molecule has 1 aliphatic carbocycles. The summed E-state index contributed by atoms with van der Waals surface area (Å²) in [6.45, 7) is 1.33.